The summed E-state index contributed by atoms with van der Waals surface area (Å²) in [7, 11) is -3.83. The van der Waals surface area contributed by atoms with Gasteiger partial charge in [0.25, 0.3) is 10.0 Å². The lowest BCUT2D eigenvalue weighted by molar-refractivity contribution is 0.101. The molecule has 0 spiro atoms. The van der Waals surface area contributed by atoms with Crippen molar-refractivity contribution >= 4 is 56.0 Å². The number of rotatable bonds is 4. The fourth-order valence-electron chi connectivity index (χ4n) is 1.52. The van der Waals surface area contributed by atoms with Crippen LogP contribution in [0.1, 0.15) is 17.3 Å². The Bertz CT molecular complexity index is 769. The van der Waals surface area contributed by atoms with Gasteiger partial charge in [-0.25, -0.2) is 8.42 Å². The predicted molar refractivity (Wildman–Crippen MR) is 81.6 cm³/mol. The van der Waals surface area contributed by atoms with Gasteiger partial charge in [-0.3, -0.25) is 9.52 Å². The molecule has 0 bridgehead atoms. The lowest BCUT2D eigenvalue weighted by Crippen LogP contribution is -2.12. The van der Waals surface area contributed by atoms with E-state index >= 15 is 0 Å². The van der Waals surface area contributed by atoms with E-state index in [9.17, 15) is 13.2 Å². The molecule has 0 amide bonds. The Labute approximate surface area is 130 Å². The number of hydrogen-bond acceptors (Lipinski definition) is 4. The molecule has 1 N–H and O–H groups in total. The van der Waals surface area contributed by atoms with E-state index in [-0.39, 0.29) is 25.0 Å². The fraction of sp³-hybridized carbons (Fsp3) is 0.0833. The smallest absolute Gasteiger partial charge is 0.264 e. The molecule has 20 heavy (non-hydrogen) atoms. The Morgan fingerprint density at radius 2 is 1.95 bits per heavy atom. The van der Waals surface area contributed by atoms with E-state index in [4.69, 9.17) is 23.2 Å². The number of halogens is 2. The minimum atomic E-state index is -3.83. The Balaban J connectivity index is 2.36. The summed E-state index contributed by atoms with van der Waals surface area (Å²) in [5.74, 6) is -0.150. The van der Waals surface area contributed by atoms with E-state index in [0.717, 1.165) is 11.3 Å². The monoisotopic (exact) mass is 349 g/mol. The highest BCUT2D eigenvalue weighted by molar-refractivity contribution is 7.93. The molecule has 1 aromatic carbocycles. The minimum absolute atomic E-state index is 0.0811. The van der Waals surface area contributed by atoms with E-state index < -0.39 is 10.0 Å². The number of carbonyl (C=O) groups excluding carboxylic acids is 1. The van der Waals surface area contributed by atoms with Crippen molar-refractivity contribution in [3.05, 3.63) is 44.6 Å². The molecule has 0 saturated heterocycles. The van der Waals surface area contributed by atoms with Gasteiger partial charge in [-0.05, 0) is 25.1 Å². The summed E-state index contributed by atoms with van der Waals surface area (Å²) in [4.78, 5) is 11.2. The van der Waals surface area contributed by atoms with Crippen molar-refractivity contribution in [3.63, 3.8) is 0 Å². The van der Waals surface area contributed by atoms with Gasteiger partial charge in [0.1, 0.15) is 9.23 Å². The number of ketones is 1. The summed E-state index contributed by atoms with van der Waals surface area (Å²) < 4.78 is 27.1. The number of sulfonamides is 1. The normalized spacial score (nSPS) is 11.3. The quantitative estimate of drug-likeness (QED) is 0.846. The van der Waals surface area contributed by atoms with Gasteiger partial charge in [-0.15, -0.1) is 11.3 Å². The topological polar surface area (TPSA) is 63.2 Å². The summed E-state index contributed by atoms with van der Waals surface area (Å²) in [5.41, 5.74) is 0.704. The summed E-state index contributed by atoms with van der Waals surface area (Å²) in [5, 5.41) is 0. The molecule has 0 fully saturated rings. The van der Waals surface area contributed by atoms with Crippen molar-refractivity contribution in [2.45, 2.75) is 11.8 Å². The highest BCUT2D eigenvalue weighted by Crippen LogP contribution is 2.35. The molecule has 0 atom stereocenters. The van der Waals surface area contributed by atoms with Crippen LogP contribution in [0.3, 0.4) is 0 Å². The molecule has 1 aromatic heterocycles. The van der Waals surface area contributed by atoms with E-state index in [1.165, 1.54) is 19.1 Å². The number of Topliss-reactive ketones (excluding diaryl/α,β-unsaturated/α-hetero) is 1. The van der Waals surface area contributed by atoms with Crippen LogP contribution in [0.15, 0.2) is 35.2 Å². The zero-order valence-electron chi connectivity index (χ0n) is 10.2. The van der Waals surface area contributed by atoms with E-state index in [2.05, 4.69) is 4.72 Å². The maximum atomic E-state index is 12.2. The number of thiophene rings is 1. The third-order valence-electron chi connectivity index (χ3n) is 2.44. The molecule has 1 heterocycles. The van der Waals surface area contributed by atoms with Gasteiger partial charge in [0, 0.05) is 11.3 Å². The summed E-state index contributed by atoms with van der Waals surface area (Å²) in [6, 6.07) is 7.49. The lowest BCUT2D eigenvalue weighted by atomic mass is 10.1. The number of nitrogens with one attached hydrogen (secondary N) is 1. The predicted octanol–water partition coefficient (Wildman–Crippen LogP) is 4.06. The molecular weight excluding hydrogens is 341 g/mol. The Kier molecular flexibility index (Phi) is 4.39. The third kappa shape index (κ3) is 3.32. The molecule has 0 aliphatic rings. The molecule has 0 unspecified atom stereocenters. The second kappa shape index (κ2) is 5.73. The van der Waals surface area contributed by atoms with Crippen LogP contribution in [-0.2, 0) is 10.0 Å². The molecule has 0 radical (unpaired) electrons. The molecular formula is C12H9Cl2NO3S2. The van der Waals surface area contributed by atoms with Gasteiger partial charge in [0.15, 0.2) is 5.78 Å². The second-order valence-corrected chi connectivity index (χ2v) is 7.87. The third-order valence-corrected chi connectivity index (χ3v) is 5.57. The Morgan fingerprint density at radius 3 is 2.50 bits per heavy atom. The van der Waals surface area contributed by atoms with Gasteiger partial charge in [0.2, 0.25) is 0 Å². The second-order valence-electron chi connectivity index (χ2n) is 3.93. The molecule has 4 nitrogen and oxygen atoms in total. The summed E-state index contributed by atoms with van der Waals surface area (Å²) in [6.45, 7) is 1.41. The SMILES string of the molecule is CC(=O)c1cccc(NS(=O)(=O)c2cc(Cl)sc2Cl)c1. The van der Waals surface area contributed by atoms with Crippen LogP contribution in [0.25, 0.3) is 0 Å². The van der Waals surface area contributed by atoms with Crippen molar-refractivity contribution in [2.24, 2.45) is 0 Å². The molecule has 8 heteroatoms. The molecule has 0 saturated carbocycles. The molecule has 106 valence electrons. The lowest BCUT2D eigenvalue weighted by Gasteiger charge is -2.07. The van der Waals surface area contributed by atoms with Gasteiger partial charge < -0.3 is 0 Å². The molecule has 2 aromatic rings. The molecule has 0 aliphatic heterocycles. The van der Waals surface area contributed by atoms with Crippen LogP contribution in [-0.4, -0.2) is 14.2 Å². The van der Waals surface area contributed by atoms with E-state index in [1.807, 2.05) is 0 Å². The Hall–Kier alpha value is -1.08. The van der Waals surface area contributed by atoms with Gasteiger partial charge in [-0.2, -0.15) is 0 Å². The van der Waals surface area contributed by atoms with Gasteiger partial charge in [0.05, 0.1) is 4.34 Å². The van der Waals surface area contributed by atoms with E-state index in [0.29, 0.717) is 5.56 Å². The number of benzene rings is 1. The number of anilines is 1. The van der Waals surface area contributed by atoms with Crippen molar-refractivity contribution in [3.8, 4) is 0 Å². The first-order chi connectivity index (χ1) is 9.29. The van der Waals surface area contributed by atoms with Crippen LogP contribution in [0.5, 0.6) is 0 Å². The van der Waals surface area contributed by atoms with Gasteiger partial charge >= 0.3 is 0 Å². The maximum Gasteiger partial charge on any atom is 0.264 e. The largest absolute Gasteiger partial charge is 0.295 e. The van der Waals surface area contributed by atoms with Crippen molar-refractivity contribution in [2.75, 3.05) is 4.72 Å². The zero-order valence-corrected chi connectivity index (χ0v) is 13.3. The molecule has 0 aliphatic carbocycles. The highest BCUT2D eigenvalue weighted by atomic mass is 35.5. The van der Waals surface area contributed by atoms with Gasteiger partial charge in [-0.1, -0.05) is 35.3 Å². The van der Waals surface area contributed by atoms with Crippen molar-refractivity contribution in [1.82, 2.24) is 0 Å². The fourth-order valence-corrected chi connectivity index (χ4v) is 4.72. The molecule has 2 rings (SSSR count). The van der Waals surface area contributed by atoms with Crippen LogP contribution in [0, 0.1) is 0 Å². The van der Waals surface area contributed by atoms with Crippen molar-refractivity contribution < 1.29 is 13.2 Å². The zero-order chi connectivity index (χ0) is 14.9. The number of carbonyl (C=O) groups is 1. The summed E-state index contributed by atoms with van der Waals surface area (Å²) >= 11 is 12.5. The Morgan fingerprint density at radius 1 is 1.25 bits per heavy atom. The first kappa shape index (κ1) is 15.3. The minimum Gasteiger partial charge on any atom is -0.295 e. The van der Waals surface area contributed by atoms with Crippen LogP contribution in [0.2, 0.25) is 8.67 Å². The van der Waals surface area contributed by atoms with Crippen LogP contribution in [0.4, 0.5) is 5.69 Å². The van der Waals surface area contributed by atoms with Crippen molar-refractivity contribution in [1.29, 1.82) is 0 Å². The summed E-state index contributed by atoms with van der Waals surface area (Å²) in [6.07, 6.45) is 0. The first-order valence-corrected chi connectivity index (χ1v) is 8.44. The maximum absolute atomic E-state index is 12.2. The first-order valence-electron chi connectivity index (χ1n) is 5.38. The van der Waals surface area contributed by atoms with Crippen LogP contribution >= 0.6 is 34.5 Å². The number of hydrogen-bond donors (Lipinski definition) is 1. The highest BCUT2D eigenvalue weighted by Gasteiger charge is 2.21. The van der Waals surface area contributed by atoms with Crippen LogP contribution < -0.4 is 4.72 Å². The average molecular weight is 350 g/mol. The standard InChI is InChI=1S/C12H9Cl2NO3S2/c1-7(16)8-3-2-4-9(5-8)15-20(17,18)10-6-11(13)19-12(10)14/h2-6,15H,1H3. The van der Waals surface area contributed by atoms with E-state index in [1.54, 1.807) is 18.2 Å². The average Bonchev–Trinajstić information content (AvgIpc) is 2.69.